The van der Waals surface area contributed by atoms with Crippen LogP contribution < -0.4 is 15.4 Å². The SMILES string of the molecule is NC(=O)COc1cc(N2CCOCC2)c2ccccc2c1Cl. The van der Waals surface area contributed by atoms with Crippen molar-refractivity contribution in [3.05, 3.63) is 35.4 Å². The molecule has 1 saturated heterocycles. The number of primary amides is 1. The maximum Gasteiger partial charge on any atom is 0.255 e. The molecule has 2 aromatic carbocycles. The summed E-state index contributed by atoms with van der Waals surface area (Å²) in [5, 5.41) is 2.45. The minimum Gasteiger partial charge on any atom is -0.482 e. The molecule has 0 atom stereocenters. The number of ether oxygens (including phenoxy) is 2. The number of hydrogen-bond acceptors (Lipinski definition) is 4. The third-order valence-electron chi connectivity index (χ3n) is 3.65. The molecule has 22 heavy (non-hydrogen) atoms. The lowest BCUT2D eigenvalue weighted by Gasteiger charge is -2.30. The zero-order valence-corrected chi connectivity index (χ0v) is 12.8. The van der Waals surface area contributed by atoms with Crippen molar-refractivity contribution in [2.75, 3.05) is 37.8 Å². The lowest BCUT2D eigenvalue weighted by atomic mass is 10.1. The van der Waals surface area contributed by atoms with Gasteiger partial charge in [-0.05, 0) is 0 Å². The fourth-order valence-corrected chi connectivity index (χ4v) is 2.89. The van der Waals surface area contributed by atoms with Crippen LogP contribution in [-0.4, -0.2) is 38.8 Å². The lowest BCUT2D eigenvalue weighted by Crippen LogP contribution is -2.36. The highest BCUT2D eigenvalue weighted by atomic mass is 35.5. The van der Waals surface area contributed by atoms with Crippen molar-refractivity contribution in [3.8, 4) is 5.75 Å². The topological polar surface area (TPSA) is 64.8 Å². The van der Waals surface area contributed by atoms with E-state index < -0.39 is 5.91 Å². The van der Waals surface area contributed by atoms with Crippen LogP contribution in [0.15, 0.2) is 30.3 Å². The summed E-state index contributed by atoms with van der Waals surface area (Å²) in [6, 6.07) is 9.75. The summed E-state index contributed by atoms with van der Waals surface area (Å²) in [6.07, 6.45) is 0. The molecule has 0 unspecified atom stereocenters. The van der Waals surface area contributed by atoms with E-state index in [2.05, 4.69) is 4.90 Å². The number of halogens is 1. The number of rotatable bonds is 4. The van der Waals surface area contributed by atoms with Gasteiger partial charge in [0.2, 0.25) is 0 Å². The minimum absolute atomic E-state index is 0.194. The highest BCUT2D eigenvalue weighted by Crippen LogP contribution is 2.39. The van der Waals surface area contributed by atoms with E-state index in [4.69, 9.17) is 26.8 Å². The molecular weight excluding hydrogens is 304 g/mol. The van der Waals surface area contributed by atoms with Gasteiger partial charge in [-0.3, -0.25) is 4.79 Å². The van der Waals surface area contributed by atoms with Crippen molar-refractivity contribution in [3.63, 3.8) is 0 Å². The van der Waals surface area contributed by atoms with E-state index in [0.29, 0.717) is 24.0 Å². The Morgan fingerprint density at radius 1 is 1.27 bits per heavy atom. The second-order valence-electron chi connectivity index (χ2n) is 5.11. The maximum atomic E-state index is 11.0. The molecule has 1 fully saturated rings. The molecule has 0 aliphatic carbocycles. The van der Waals surface area contributed by atoms with E-state index in [1.54, 1.807) is 0 Å². The van der Waals surface area contributed by atoms with Gasteiger partial charge in [-0.15, -0.1) is 0 Å². The number of anilines is 1. The number of fused-ring (bicyclic) bond motifs is 1. The van der Waals surface area contributed by atoms with Crippen molar-refractivity contribution in [2.24, 2.45) is 5.73 Å². The fraction of sp³-hybridized carbons (Fsp3) is 0.312. The fourth-order valence-electron chi connectivity index (χ4n) is 2.62. The molecule has 0 aromatic heterocycles. The van der Waals surface area contributed by atoms with Gasteiger partial charge in [-0.1, -0.05) is 35.9 Å². The normalized spacial score (nSPS) is 15.0. The van der Waals surface area contributed by atoms with Crippen LogP contribution in [0.1, 0.15) is 0 Å². The van der Waals surface area contributed by atoms with Gasteiger partial charge in [0.05, 0.1) is 18.2 Å². The van der Waals surface area contributed by atoms with E-state index in [-0.39, 0.29) is 6.61 Å². The van der Waals surface area contributed by atoms with Crippen molar-refractivity contribution in [2.45, 2.75) is 0 Å². The first-order valence-electron chi connectivity index (χ1n) is 7.12. The smallest absolute Gasteiger partial charge is 0.255 e. The van der Waals surface area contributed by atoms with Crippen molar-refractivity contribution < 1.29 is 14.3 Å². The predicted octanol–water partition coefficient (Wildman–Crippen LogP) is 2.19. The average molecular weight is 321 g/mol. The Balaban J connectivity index is 2.08. The molecule has 1 amide bonds. The summed E-state index contributed by atoms with van der Waals surface area (Å²) < 4.78 is 10.9. The zero-order chi connectivity index (χ0) is 15.5. The Hall–Kier alpha value is -1.98. The number of carbonyl (C=O) groups excluding carboxylic acids is 1. The molecule has 116 valence electrons. The number of nitrogens with zero attached hydrogens (tertiary/aromatic N) is 1. The molecule has 0 saturated carbocycles. The Morgan fingerprint density at radius 3 is 2.64 bits per heavy atom. The third-order valence-corrected chi connectivity index (χ3v) is 4.04. The van der Waals surface area contributed by atoms with Gasteiger partial charge in [0, 0.05) is 35.6 Å². The van der Waals surface area contributed by atoms with Gasteiger partial charge in [0.1, 0.15) is 5.75 Å². The third kappa shape index (κ3) is 2.96. The second kappa shape index (κ2) is 6.42. The quantitative estimate of drug-likeness (QED) is 0.938. The van der Waals surface area contributed by atoms with Crippen molar-refractivity contribution >= 4 is 34.0 Å². The largest absolute Gasteiger partial charge is 0.482 e. The zero-order valence-electron chi connectivity index (χ0n) is 12.0. The molecule has 1 aliphatic heterocycles. The average Bonchev–Trinajstić information content (AvgIpc) is 2.55. The summed E-state index contributed by atoms with van der Waals surface area (Å²) in [5.41, 5.74) is 6.18. The van der Waals surface area contributed by atoms with Crippen LogP contribution in [0.25, 0.3) is 10.8 Å². The molecule has 0 radical (unpaired) electrons. The molecule has 2 aromatic rings. The summed E-state index contributed by atoms with van der Waals surface area (Å²) in [4.78, 5) is 13.2. The van der Waals surface area contributed by atoms with Crippen LogP contribution in [0.5, 0.6) is 5.75 Å². The second-order valence-corrected chi connectivity index (χ2v) is 5.49. The van der Waals surface area contributed by atoms with E-state index in [9.17, 15) is 4.79 Å². The summed E-state index contributed by atoms with van der Waals surface area (Å²) in [7, 11) is 0. The van der Waals surface area contributed by atoms with Gasteiger partial charge in [-0.2, -0.15) is 0 Å². The number of amides is 1. The Bertz CT molecular complexity index is 699. The van der Waals surface area contributed by atoms with Crippen LogP contribution in [0.3, 0.4) is 0 Å². The number of benzene rings is 2. The van der Waals surface area contributed by atoms with Crippen LogP contribution in [0.4, 0.5) is 5.69 Å². The van der Waals surface area contributed by atoms with Crippen LogP contribution >= 0.6 is 11.6 Å². The molecular formula is C16H17ClN2O3. The standard InChI is InChI=1S/C16H17ClN2O3/c17-16-12-4-2-1-3-11(12)13(19-5-7-21-8-6-19)9-14(16)22-10-15(18)20/h1-4,9H,5-8,10H2,(H2,18,20). The van der Waals surface area contributed by atoms with E-state index in [0.717, 1.165) is 29.5 Å². The lowest BCUT2D eigenvalue weighted by molar-refractivity contribution is -0.119. The van der Waals surface area contributed by atoms with Crippen LogP contribution in [-0.2, 0) is 9.53 Å². The first-order valence-corrected chi connectivity index (χ1v) is 7.49. The minimum atomic E-state index is -0.530. The van der Waals surface area contributed by atoms with E-state index in [1.807, 2.05) is 30.3 Å². The summed E-state index contributed by atoms with van der Waals surface area (Å²) in [6.45, 7) is 2.80. The Labute approximate surface area is 133 Å². The number of hydrogen-bond donors (Lipinski definition) is 1. The van der Waals surface area contributed by atoms with Crippen molar-refractivity contribution in [1.29, 1.82) is 0 Å². The maximum absolute atomic E-state index is 11.0. The molecule has 1 aliphatic rings. The molecule has 0 spiro atoms. The molecule has 3 rings (SSSR count). The Kier molecular flexibility index (Phi) is 4.36. The Morgan fingerprint density at radius 2 is 1.95 bits per heavy atom. The highest BCUT2D eigenvalue weighted by Gasteiger charge is 2.18. The number of carbonyl (C=O) groups is 1. The molecule has 2 N–H and O–H groups in total. The first-order chi connectivity index (χ1) is 10.7. The van der Waals surface area contributed by atoms with Gasteiger partial charge in [-0.25, -0.2) is 0 Å². The highest BCUT2D eigenvalue weighted by molar-refractivity contribution is 6.37. The first kappa shape index (κ1) is 14.9. The van der Waals surface area contributed by atoms with Crippen LogP contribution in [0.2, 0.25) is 5.02 Å². The van der Waals surface area contributed by atoms with E-state index >= 15 is 0 Å². The molecule has 0 bridgehead atoms. The number of morpholine rings is 1. The predicted molar refractivity (Wildman–Crippen MR) is 86.7 cm³/mol. The molecule has 5 nitrogen and oxygen atoms in total. The van der Waals surface area contributed by atoms with Crippen LogP contribution in [0, 0.1) is 0 Å². The molecule has 1 heterocycles. The van der Waals surface area contributed by atoms with Crippen molar-refractivity contribution in [1.82, 2.24) is 0 Å². The van der Waals surface area contributed by atoms with Gasteiger partial charge in [0.25, 0.3) is 5.91 Å². The number of nitrogens with two attached hydrogens (primary N) is 1. The van der Waals surface area contributed by atoms with Gasteiger partial charge >= 0.3 is 0 Å². The summed E-state index contributed by atoms with van der Waals surface area (Å²) in [5.74, 6) is -0.0576. The summed E-state index contributed by atoms with van der Waals surface area (Å²) >= 11 is 6.42. The monoisotopic (exact) mass is 320 g/mol. The molecule has 6 heteroatoms. The van der Waals surface area contributed by atoms with E-state index in [1.165, 1.54) is 0 Å². The van der Waals surface area contributed by atoms with Gasteiger partial charge in [0.15, 0.2) is 6.61 Å². The van der Waals surface area contributed by atoms with Gasteiger partial charge < -0.3 is 20.1 Å².